The summed E-state index contributed by atoms with van der Waals surface area (Å²) in [4.78, 5) is 12.0. The molecule has 0 saturated carbocycles. The summed E-state index contributed by atoms with van der Waals surface area (Å²) >= 11 is 5.87. The molecule has 2 aromatic rings. The predicted octanol–water partition coefficient (Wildman–Crippen LogP) is 2.74. The molecular formula is C15H12ClFNO2. The van der Waals surface area contributed by atoms with Gasteiger partial charge in [-0.15, -0.1) is 0 Å². The van der Waals surface area contributed by atoms with Gasteiger partial charge in [-0.3, -0.25) is 4.79 Å². The molecule has 0 aliphatic carbocycles. The number of hydrogen-bond acceptors (Lipinski definition) is 2. The summed E-state index contributed by atoms with van der Waals surface area (Å²) in [5.41, 5.74) is 0.556. The second-order valence-corrected chi connectivity index (χ2v) is 4.61. The molecular weight excluding hydrogens is 281 g/mol. The normalized spacial score (nSPS) is 11.9. The summed E-state index contributed by atoms with van der Waals surface area (Å²) in [5.74, 6) is -1.26. The molecule has 5 heteroatoms. The predicted molar refractivity (Wildman–Crippen MR) is 74.0 cm³/mol. The van der Waals surface area contributed by atoms with E-state index in [1.807, 2.05) is 0 Å². The summed E-state index contributed by atoms with van der Waals surface area (Å²) < 4.78 is 13.5. The van der Waals surface area contributed by atoms with E-state index in [1.54, 1.807) is 24.3 Å². The van der Waals surface area contributed by atoms with E-state index in [0.717, 1.165) is 6.07 Å². The Morgan fingerprint density at radius 3 is 2.90 bits per heavy atom. The van der Waals surface area contributed by atoms with E-state index >= 15 is 0 Å². The fourth-order valence-electron chi connectivity index (χ4n) is 1.79. The van der Waals surface area contributed by atoms with Crippen molar-refractivity contribution in [3.05, 3.63) is 70.5 Å². The zero-order chi connectivity index (χ0) is 14.5. The van der Waals surface area contributed by atoms with Crippen LogP contribution < -0.4 is 5.32 Å². The molecule has 2 aromatic carbocycles. The summed E-state index contributed by atoms with van der Waals surface area (Å²) in [6.07, 6.45) is 0. The van der Waals surface area contributed by atoms with Crippen LogP contribution in [0.15, 0.2) is 42.5 Å². The first kappa shape index (κ1) is 14.5. The molecule has 0 saturated heterocycles. The number of aliphatic hydroxyl groups is 1. The minimum Gasteiger partial charge on any atom is -0.394 e. The van der Waals surface area contributed by atoms with E-state index in [1.165, 1.54) is 12.1 Å². The minimum absolute atomic E-state index is 0.0933. The summed E-state index contributed by atoms with van der Waals surface area (Å²) in [5, 5.41) is 12.4. The van der Waals surface area contributed by atoms with Gasteiger partial charge in [0, 0.05) is 5.02 Å². The molecule has 0 bridgehead atoms. The number of rotatable bonds is 4. The fourth-order valence-corrected chi connectivity index (χ4v) is 1.99. The monoisotopic (exact) mass is 292 g/mol. The summed E-state index contributed by atoms with van der Waals surface area (Å²) in [6.45, 7) is -0.313. The van der Waals surface area contributed by atoms with Crippen molar-refractivity contribution in [3.63, 3.8) is 0 Å². The average molecular weight is 293 g/mol. The molecule has 1 atom stereocenters. The first-order valence-electron chi connectivity index (χ1n) is 5.94. The molecule has 1 radical (unpaired) electrons. The number of nitrogens with one attached hydrogen (secondary N) is 1. The van der Waals surface area contributed by atoms with E-state index < -0.39 is 17.8 Å². The Balaban J connectivity index is 2.19. The molecule has 1 amide bonds. The number of carbonyl (C=O) groups excluding carboxylic acids is 1. The molecule has 2 N–H and O–H groups in total. The smallest absolute Gasteiger partial charge is 0.254 e. The molecule has 103 valence electrons. The largest absolute Gasteiger partial charge is 0.394 e. The van der Waals surface area contributed by atoms with E-state index in [9.17, 15) is 14.3 Å². The third-order valence-corrected chi connectivity index (χ3v) is 3.03. The number of benzene rings is 2. The zero-order valence-corrected chi connectivity index (χ0v) is 11.2. The number of aliphatic hydroxyl groups excluding tert-OH is 1. The van der Waals surface area contributed by atoms with Gasteiger partial charge in [0.15, 0.2) is 0 Å². The Morgan fingerprint density at radius 2 is 2.25 bits per heavy atom. The topological polar surface area (TPSA) is 49.3 Å². The van der Waals surface area contributed by atoms with Gasteiger partial charge in [0.1, 0.15) is 5.82 Å². The average Bonchev–Trinajstić information content (AvgIpc) is 2.45. The van der Waals surface area contributed by atoms with Crippen LogP contribution in [0.1, 0.15) is 22.0 Å². The quantitative estimate of drug-likeness (QED) is 0.910. The maximum atomic E-state index is 13.5. The van der Waals surface area contributed by atoms with Crippen LogP contribution in [0.2, 0.25) is 5.02 Å². The lowest BCUT2D eigenvalue weighted by molar-refractivity contribution is 0.0912. The van der Waals surface area contributed by atoms with E-state index in [0.29, 0.717) is 10.6 Å². The van der Waals surface area contributed by atoms with Crippen LogP contribution in [0.4, 0.5) is 4.39 Å². The van der Waals surface area contributed by atoms with Gasteiger partial charge in [-0.25, -0.2) is 4.39 Å². The third-order valence-electron chi connectivity index (χ3n) is 2.80. The van der Waals surface area contributed by atoms with Crippen LogP contribution in [-0.4, -0.2) is 17.6 Å². The molecule has 0 fully saturated rings. The fraction of sp³-hybridized carbons (Fsp3) is 0.133. The van der Waals surface area contributed by atoms with Gasteiger partial charge in [-0.05, 0) is 35.9 Å². The van der Waals surface area contributed by atoms with E-state index in [-0.39, 0.29) is 12.2 Å². The van der Waals surface area contributed by atoms with Crippen molar-refractivity contribution in [1.82, 2.24) is 5.32 Å². The maximum absolute atomic E-state index is 13.5. The second kappa shape index (κ2) is 6.50. The van der Waals surface area contributed by atoms with Crippen molar-refractivity contribution in [2.24, 2.45) is 0 Å². The second-order valence-electron chi connectivity index (χ2n) is 4.17. The molecule has 0 spiro atoms. The number of carbonyl (C=O) groups is 1. The highest BCUT2D eigenvalue weighted by Gasteiger charge is 2.17. The van der Waals surface area contributed by atoms with Crippen molar-refractivity contribution in [2.75, 3.05) is 6.61 Å². The van der Waals surface area contributed by atoms with Crippen molar-refractivity contribution >= 4 is 17.5 Å². The number of amides is 1. The van der Waals surface area contributed by atoms with Crippen molar-refractivity contribution in [3.8, 4) is 0 Å². The van der Waals surface area contributed by atoms with Crippen molar-refractivity contribution in [2.45, 2.75) is 6.04 Å². The summed E-state index contributed by atoms with van der Waals surface area (Å²) in [7, 11) is 0. The number of halogens is 2. The highest BCUT2D eigenvalue weighted by molar-refractivity contribution is 6.30. The van der Waals surface area contributed by atoms with Gasteiger partial charge < -0.3 is 10.4 Å². The first-order chi connectivity index (χ1) is 9.61. The van der Waals surface area contributed by atoms with Crippen molar-refractivity contribution in [1.29, 1.82) is 0 Å². The molecule has 0 heterocycles. The first-order valence-corrected chi connectivity index (χ1v) is 6.32. The molecule has 0 aromatic heterocycles. The van der Waals surface area contributed by atoms with Gasteiger partial charge in [-0.1, -0.05) is 29.8 Å². The summed E-state index contributed by atoms with van der Waals surface area (Å²) in [6, 6.07) is 12.5. The van der Waals surface area contributed by atoms with E-state index in [2.05, 4.69) is 11.4 Å². The highest BCUT2D eigenvalue weighted by atomic mass is 35.5. The maximum Gasteiger partial charge on any atom is 0.254 e. The minimum atomic E-state index is -0.659. The SMILES string of the molecule is O=C(N[C@H](CO)c1cccc(Cl)c1)c1cc[c]cc1F. The Bertz CT molecular complexity index is 618. The van der Waals surface area contributed by atoms with Crippen LogP contribution in [0.5, 0.6) is 0 Å². The molecule has 0 aliphatic heterocycles. The Labute approximate surface area is 121 Å². The highest BCUT2D eigenvalue weighted by Crippen LogP contribution is 2.18. The van der Waals surface area contributed by atoms with Gasteiger partial charge in [0.2, 0.25) is 0 Å². The lowest BCUT2D eigenvalue weighted by Gasteiger charge is -2.17. The molecule has 0 aliphatic rings. The van der Waals surface area contributed by atoms with E-state index in [4.69, 9.17) is 11.6 Å². The zero-order valence-electron chi connectivity index (χ0n) is 10.4. The van der Waals surface area contributed by atoms with Crippen LogP contribution in [0.3, 0.4) is 0 Å². The van der Waals surface area contributed by atoms with Gasteiger partial charge in [-0.2, -0.15) is 0 Å². The van der Waals surface area contributed by atoms with Gasteiger partial charge >= 0.3 is 0 Å². The van der Waals surface area contributed by atoms with Crippen LogP contribution in [0, 0.1) is 11.9 Å². The Morgan fingerprint density at radius 1 is 1.45 bits per heavy atom. The lowest BCUT2D eigenvalue weighted by Crippen LogP contribution is -2.31. The van der Waals surface area contributed by atoms with Crippen LogP contribution in [0.25, 0.3) is 0 Å². The Kier molecular flexibility index (Phi) is 4.71. The third kappa shape index (κ3) is 3.35. The standard InChI is InChI=1S/C15H12ClFNO2/c16-11-5-3-4-10(8-11)14(9-19)18-15(20)12-6-1-2-7-13(12)17/h1,3-8,14,19H,9H2,(H,18,20)/t14-/m1/s1. The van der Waals surface area contributed by atoms with Crippen LogP contribution >= 0.6 is 11.6 Å². The van der Waals surface area contributed by atoms with Gasteiger partial charge in [0.05, 0.1) is 18.2 Å². The van der Waals surface area contributed by atoms with Gasteiger partial charge in [0.25, 0.3) is 5.91 Å². The molecule has 3 nitrogen and oxygen atoms in total. The molecule has 20 heavy (non-hydrogen) atoms. The number of hydrogen-bond donors (Lipinski definition) is 2. The Hall–Kier alpha value is -1.91. The molecule has 0 unspecified atom stereocenters. The van der Waals surface area contributed by atoms with Crippen molar-refractivity contribution < 1.29 is 14.3 Å². The van der Waals surface area contributed by atoms with Crippen LogP contribution in [-0.2, 0) is 0 Å². The molecule has 2 rings (SSSR count). The lowest BCUT2D eigenvalue weighted by atomic mass is 10.1.